The number of carbonyl (C=O) groups is 3. The van der Waals surface area contributed by atoms with Gasteiger partial charge in [-0.1, -0.05) is 43.0 Å². The van der Waals surface area contributed by atoms with Crippen molar-refractivity contribution in [3.05, 3.63) is 107 Å². The van der Waals surface area contributed by atoms with Crippen LogP contribution in [0.2, 0.25) is 0 Å². The van der Waals surface area contributed by atoms with Gasteiger partial charge in [0.15, 0.2) is 0 Å². The van der Waals surface area contributed by atoms with Crippen LogP contribution in [0.5, 0.6) is 11.5 Å². The van der Waals surface area contributed by atoms with E-state index < -0.39 is 5.92 Å². The summed E-state index contributed by atoms with van der Waals surface area (Å²) >= 11 is 0. The summed E-state index contributed by atoms with van der Waals surface area (Å²) in [5.41, 5.74) is 4.87. The summed E-state index contributed by atoms with van der Waals surface area (Å²) in [5, 5.41) is 7.06. The Bertz CT molecular complexity index is 1660. The second kappa shape index (κ2) is 11.1. The van der Waals surface area contributed by atoms with E-state index in [1.807, 2.05) is 73.7 Å². The minimum Gasteiger partial charge on any atom is -0.457 e. The third-order valence-electron chi connectivity index (χ3n) is 8.24. The number of aryl methyl sites for hydroxylation is 1. The van der Waals surface area contributed by atoms with Gasteiger partial charge in [-0.3, -0.25) is 14.4 Å². The number of Topliss-reactive ketones (excluding diaryl/α,β-unsaturated/α-hetero) is 1. The molecular weight excluding hydrogens is 514 g/mol. The molecule has 0 aliphatic heterocycles. The fourth-order valence-electron chi connectivity index (χ4n) is 6.38. The second-order valence-electron chi connectivity index (χ2n) is 11.0. The van der Waals surface area contributed by atoms with Gasteiger partial charge < -0.3 is 20.4 Å². The van der Waals surface area contributed by atoms with E-state index in [1.54, 1.807) is 0 Å². The minimum atomic E-state index is -0.420. The number of rotatable bonds is 7. The molecule has 2 aliphatic rings. The molecule has 1 saturated carbocycles. The number of aromatic nitrogens is 1. The van der Waals surface area contributed by atoms with Gasteiger partial charge in [-0.05, 0) is 91.3 Å². The highest BCUT2D eigenvalue weighted by Gasteiger charge is 2.35. The van der Waals surface area contributed by atoms with E-state index in [1.165, 1.54) is 6.08 Å². The van der Waals surface area contributed by atoms with Crippen molar-refractivity contribution in [1.82, 2.24) is 15.6 Å². The number of carbonyl (C=O) groups excluding carboxylic acids is 3. The highest BCUT2D eigenvalue weighted by molar-refractivity contribution is 6.09. The van der Waals surface area contributed by atoms with Gasteiger partial charge in [0.25, 0.3) is 5.91 Å². The van der Waals surface area contributed by atoms with Gasteiger partial charge in [0.05, 0.1) is 5.92 Å². The Morgan fingerprint density at radius 2 is 1.73 bits per heavy atom. The predicted octanol–water partition coefficient (Wildman–Crippen LogP) is 5.87. The SMILES string of the molecule is C=CC(=O)N[C@@H]1CCC[C@H](NC(=O)c2[nH]c3cccc4c3c2CC(=O)[C@H]4c2ccc(Oc3ccccc3)cc2C)C1. The number of ketones is 1. The van der Waals surface area contributed by atoms with Crippen molar-refractivity contribution in [1.29, 1.82) is 0 Å². The summed E-state index contributed by atoms with van der Waals surface area (Å²) in [6.07, 6.45) is 4.74. The highest BCUT2D eigenvalue weighted by Crippen LogP contribution is 2.41. The molecule has 0 bridgehead atoms. The van der Waals surface area contributed by atoms with E-state index in [2.05, 4.69) is 22.2 Å². The summed E-state index contributed by atoms with van der Waals surface area (Å²) in [6, 6.07) is 21.3. The number of ether oxygens (including phenoxy) is 1. The van der Waals surface area contributed by atoms with Crippen LogP contribution in [0, 0.1) is 6.92 Å². The fraction of sp³-hybridized carbons (Fsp3) is 0.265. The molecule has 4 aromatic rings. The number of benzene rings is 3. The molecule has 41 heavy (non-hydrogen) atoms. The topological polar surface area (TPSA) is 100 Å². The van der Waals surface area contributed by atoms with Crippen LogP contribution in [0.15, 0.2) is 79.4 Å². The van der Waals surface area contributed by atoms with E-state index in [0.717, 1.165) is 58.2 Å². The molecule has 1 heterocycles. The zero-order valence-corrected chi connectivity index (χ0v) is 23.0. The number of hydrogen-bond donors (Lipinski definition) is 3. The van der Waals surface area contributed by atoms with Gasteiger partial charge in [-0.15, -0.1) is 0 Å². The lowest BCUT2D eigenvalue weighted by atomic mass is 9.77. The minimum absolute atomic E-state index is 0.00211. The van der Waals surface area contributed by atoms with E-state index in [9.17, 15) is 14.4 Å². The molecule has 208 valence electrons. The van der Waals surface area contributed by atoms with Crippen molar-refractivity contribution in [2.45, 2.75) is 57.0 Å². The summed E-state index contributed by atoms with van der Waals surface area (Å²) in [6.45, 7) is 5.52. The number of hydrogen-bond acceptors (Lipinski definition) is 4. The van der Waals surface area contributed by atoms with E-state index in [-0.39, 0.29) is 36.1 Å². The highest BCUT2D eigenvalue weighted by atomic mass is 16.5. The Morgan fingerprint density at radius 1 is 0.951 bits per heavy atom. The molecule has 2 amide bonds. The molecule has 3 N–H and O–H groups in total. The first-order valence-electron chi connectivity index (χ1n) is 14.1. The number of H-pyrrole nitrogens is 1. The van der Waals surface area contributed by atoms with E-state index >= 15 is 0 Å². The number of nitrogens with one attached hydrogen (secondary N) is 3. The fourth-order valence-corrected chi connectivity index (χ4v) is 6.38. The molecule has 3 aromatic carbocycles. The van der Waals surface area contributed by atoms with Crippen molar-refractivity contribution in [2.75, 3.05) is 0 Å². The third kappa shape index (κ3) is 5.27. The number of para-hydroxylation sites is 1. The maximum atomic E-state index is 13.7. The molecule has 0 unspecified atom stereocenters. The Kier molecular flexibility index (Phi) is 7.18. The van der Waals surface area contributed by atoms with Gasteiger partial charge >= 0.3 is 0 Å². The first-order chi connectivity index (χ1) is 19.9. The van der Waals surface area contributed by atoms with Crippen LogP contribution in [-0.4, -0.2) is 34.7 Å². The zero-order valence-electron chi connectivity index (χ0n) is 23.0. The molecule has 7 heteroatoms. The van der Waals surface area contributed by atoms with E-state index in [4.69, 9.17) is 4.74 Å². The van der Waals surface area contributed by atoms with Crippen molar-refractivity contribution < 1.29 is 19.1 Å². The van der Waals surface area contributed by atoms with Gasteiger partial charge in [0.1, 0.15) is 23.0 Å². The molecule has 0 radical (unpaired) electrons. The second-order valence-corrected chi connectivity index (χ2v) is 11.0. The first-order valence-corrected chi connectivity index (χ1v) is 14.1. The van der Waals surface area contributed by atoms with Gasteiger partial charge in [0, 0.05) is 29.4 Å². The lowest BCUT2D eigenvalue weighted by molar-refractivity contribution is -0.119. The maximum Gasteiger partial charge on any atom is 0.268 e. The van der Waals surface area contributed by atoms with Gasteiger partial charge in [-0.25, -0.2) is 0 Å². The van der Waals surface area contributed by atoms with Crippen LogP contribution in [0.1, 0.15) is 64.3 Å². The van der Waals surface area contributed by atoms with Crippen molar-refractivity contribution in [3.8, 4) is 11.5 Å². The molecule has 0 spiro atoms. The largest absolute Gasteiger partial charge is 0.457 e. The molecule has 6 rings (SSSR count). The third-order valence-corrected chi connectivity index (χ3v) is 8.24. The smallest absolute Gasteiger partial charge is 0.268 e. The zero-order chi connectivity index (χ0) is 28.5. The van der Waals surface area contributed by atoms with Crippen LogP contribution in [0.3, 0.4) is 0 Å². The Hall–Kier alpha value is -4.65. The summed E-state index contributed by atoms with van der Waals surface area (Å²) < 4.78 is 6.01. The molecule has 3 atom stereocenters. The standard InChI is InChI=1S/C34H33N3O4/c1-3-30(39)35-21-9-7-10-22(18-21)36-34(40)33-27-19-29(38)32(26-13-8-14-28(37-33)31(26)27)25-16-15-24(17-20(25)2)41-23-11-5-4-6-12-23/h3-6,8,11-17,21-22,32,37H,1,7,9-10,18-19H2,2H3,(H,35,39)(H,36,40)/t21-,22+,32+/m1/s1. The Labute approximate surface area is 239 Å². The average Bonchev–Trinajstić information content (AvgIpc) is 3.34. The summed E-state index contributed by atoms with van der Waals surface area (Å²) in [5.74, 6) is 0.698. The number of amides is 2. The molecule has 1 aromatic heterocycles. The van der Waals surface area contributed by atoms with Crippen LogP contribution in [0.25, 0.3) is 10.9 Å². The van der Waals surface area contributed by atoms with E-state index in [0.29, 0.717) is 17.9 Å². The molecule has 1 fully saturated rings. The summed E-state index contributed by atoms with van der Waals surface area (Å²) in [4.78, 5) is 42.3. The normalized spacial score (nSPS) is 19.9. The van der Waals surface area contributed by atoms with Gasteiger partial charge in [0.2, 0.25) is 5.91 Å². The maximum absolute atomic E-state index is 13.7. The quantitative estimate of drug-likeness (QED) is 0.252. The average molecular weight is 548 g/mol. The van der Waals surface area contributed by atoms with Crippen LogP contribution >= 0.6 is 0 Å². The van der Waals surface area contributed by atoms with Crippen LogP contribution < -0.4 is 15.4 Å². The van der Waals surface area contributed by atoms with Crippen LogP contribution in [0.4, 0.5) is 0 Å². The Morgan fingerprint density at radius 3 is 2.49 bits per heavy atom. The Balaban J connectivity index is 1.27. The van der Waals surface area contributed by atoms with Crippen LogP contribution in [-0.2, 0) is 16.0 Å². The molecule has 0 saturated heterocycles. The van der Waals surface area contributed by atoms with Crippen molar-refractivity contribution in [3.63, 3.8) is 0 Å². The molecular formula is C34H33N3O4. The lowest BCUT2D eigenvalue weighted by Crippen LogP contribution is -2.45. The molecule has 2 aliphatic carbocycles. The number of aromatic amines is 1. The molecule has 7 nitrogen and oxygen atoms in total. The lowest BCUT2D eigenvalue weighted by Gasteiger charge is -2.30. The van der Waals surface area contributed by atoms with Gasteiger partial charge in [-0.2, -0.15) is 0 Å². The first kappa shape index (κ1) is 26.6. The monoisotopic (exact) mass is 547 g/mol. The predicted molar refractivity (Wildman–Crippen MR) is 158 cm³/mol. The van der Waals surface area contributed by atoms with Crippen molar-refractivity contribution in [2.24, 2.45) is 0 Å². The summed E-state index contributed by atoms with van der Waals surface area (Å²) in [7, 11) is 0. The van der Waals surface area contributed by atoms with Crippen molar-refractivity contribution >= 4 is 28.5 Å².